The van der Waals surface area contributed by atoms with Gasteiger partial charge < -0.3 is 0 Å². The Labute approximate surface area is 117 Å². The van der Waals surface area contributed by atoms with Crippen LogP contribution in [0.15, 0.2) is 28.6 Å². The van der Waals surface area contributed by atoms with Crippen molar-refractivity contribution in [3.8, 4) is 10.6 Å². The van der Waals surface area contributed by atoms with Crippen molar-refractivity contribution < 1.29 is 8.42 Å². The Hall–Kier alpha value is -1.18. The lowest BCUT2D eigenvalue weighted by Gasteiger charge is -2.10. The third-order valence-electron chi connectivity index (χ3n) is 2.74. The van der Waals surface area contributed by atoms with E-state index < -0.39 is 10.0 Å². The molecule has 2 aromatic rings. The van der Waals surface area contributed by atoms with Gasteiger partial charge in [-0.2, -0.15) is 5.10 Å². The highest BCUT2D eigenvalue weighted by Crippen LogP contribution is 2.31. The van der Waals surface area contributed by atoms with Crippen LogP contribution in [0.25, 0.3) is 10.6 Å². The van der Waals surface area contributed by atoms with Gasteiger partial charge in [-0.1, -0.05) is 6.07 Å². The van der Waals surface area contributed by atoms with E-state index in [-0.39, 0.29) is 10.9 Å². The average Bonchev–Trinajstić information content (AvgIpc) is 2.97. The largest absolute Gasteiger partial charge is 0.268 e. The molecule has 0 radical (unpaired) electrons. The van der Waals surface area contributed by atoms with Crippen LogP contribution < -0.4 is 0 Å². The molecule has 0 amide bonds. The quantitative estimate of drug-likeness (QED) is 0.871. The zero-order valence-corrected chi connectivity index (χ0v) is 13.0. The minimum Gasteiger partial charge on any atom is -0.268 e. The zero-order chi connectivity index (χ0) is 14.2. The van der Waals surface area contributed by atoms with Crippen molar-refractivity contribution in [1.29, 1.82) is 0 Å². The maximum absolute atomic E-state index is 12.4. The summed E-state index contributed by atoms with van der Waals surface area (Å²) in [5, 5.41) is 6.33. The van der Waals surface area contributed by atoms with E-state index in [9.17, 15) is 8.42 Å². The Morgan fingerprint density at radius 2 is 2.05 bits per heavy atom. The Bertz CT molecular complexity index is 655. The van der Waals surface area contributed by atoms with Crippen molar-refractivity contribution in [2.75, 3.05) is 14.1 Å². The summed E-state index contributed by atoms with van der Waals surface area (Å²) in [6.07, 6.45) is 1.61. The molecule has 2 heterocycles. The number of thiophene rings is 1. The fraction of sp³-hybridized carbons (Fsp3) is 0.417. The molecule has 0 spiro atoms. The van der Waals surface area contributed by atoms with Crippen molar-refractivity contribution in [1.82, 2.24) is 14.1 Å². The number of nitrogens with zero attached hydrogens (tertiary/aromatic N) is 3. The van der Waals surface area contributed by atoms with Crippen molar-refractivity contribution >= 4 is 21.4 Å². The van der Waals surface area contributed by atoms with Crippen LogP contribution in [0.1, 0.15) is 19.9 Å². The average molecular weight is 299 g/mol. The molecule has 0 bridgehead atoms. The van der Waals surface area contributed by atoms with Crippen LogP contribution in [0.2, 0.25) is 0 Å². The minimum atomic E-state index is -3.49. The van der Waals surface area contributed by atoms with Gasteiger partial charge in [-0.05, 0) is 25.3 Å². The van der Waals surface area contributed by atoms with Crippen LogP contribution in [-0.4, -0.2) is 36.6 Å². The lowest BCUT2D eigenvalue weighted by atomic mass is 10.3. The maximum Gasteiger partial charge on any atom is 0.246 e. The van der Waals surface area contributed by atoms with E-state index in [0.717, 1.165) is 4.88 Å². The summed E-state index contributed by atoms with van der Waals surface area (Å²) in [4.78, 5) is 1.12. The van der Waals surface area contributed by atoms with Gasteiger partial charge in [-0.25, -0.2) is 12.7 Å². The standard InChI is InChI=1S/C12H17N3O2S2/c1-9(2)15-8-11(19(16,17)14(3)4)12(13-15)10-6-5-7-18-10/h5-9H,1-4H3. The molecule has 0 saturated heterocycles. The van der Waals surface area contributed by atoms with E-state index in [1.165, 1.54) is 29.7 Å². The lowest BCUT2D eigenvalue weighted by Crippen LogP contribution is -2.22. The van der Waals surface area contributed by atoms with E-state index in [0.29, 0.717) is 5.69 Å². The Morgan fingerprint density at radius 3 is 2.53 bits per heavy atom. The van der Waals surface area contributed by atoms with Crippen molar-refractivity contribution in [2.24, 2.45) is 0 Å². The summed E-state index contributed by atoms with van der Waals surface area (Å²) in [5.41, 5.74) is 0.525. The molecule has 0 fully saturated rings. The molecular weight excluding hydrogens is 282 g/mol. The minimum absolute atomic E-state index is 0.116. The van der Waals surface area contributed by atoms with E-state index in [4.69, 9.17) is 0 Å². The Morgan fingerprint density at radius 1 is 1.37 bits per heavy atom. The van der Waals surface area contributed by atoms with Crippen LogP contribution in [0.3, 0.4) is 0 Å². The lowest BCUT2D eigenvalue weighted by molar-refractivity contribution is 0.517. The van der Waals surface area contributed by atoms with Gasteiger partial charge in [-0.15, -0.1) is 11.3 Å². The third-order valence-corrected chi connectivity index (χ3v) is 5.43. The molecule has 104 valence electrons. The highest BCUT2D eigenvalue weighted by atomic mass is 32.2. The van der Waals surface area contributed by atoms with Gasteiger partial charge in [0.15, 0.2) is 0 Å². The monoisotopic (exact) mass is 299 g/mol. The number of aromatic nitrogens is 2. The summed E-state index contributed by atoms with van der Waals surface area (Å²) in [6, 6.07) is 3.89. The molecule has 0 N–H and O–H groups in total. The Kier molecular flexibility index (Phi) is 3.80. The highest BCUT2D eigenvalue weighted by molar-refractivity contribution is 7.89. The molecule has 0 atom stereocenters. The van der Waals surface area contributed by atoms with Gasteiger partial charge in [0, 0.05) is 26.3 Å². The fourth-order valence-electron chi connectivity index (χ4n) is 1.61. The first-order chi connectivity index (χ1) is 8.84. The molecule has 0 saturated carbocycles. The molecule has 7 heteroatoms. The highest BCUT2D eigenvalue weighted by Gasteiger charge is 2.26. The first-order valence-electron chi connectivity index (χ1n) is 5.89. The van der Waals surface area contributed by atoms with Gasteiger partial charge in [0.05, 0.1) is 4.88 Å². The SMILES string of the molecule is CC(C)n1cc(S(=O)(=O)N(C)C)c(-c2cccs2)n1. The molecule has 0 unspecified atom stereocenters. The maximum atomic E-state index is 12.4. The summed E-state index contributed by atoms with van der Waals surface area (Å²) in [7, 11) is -0.434. The normalized spacial score (nSPS) is 12.5. The van der Waals surface area contributed by atoms with E-state index in [1.807, 2.05) is 31.4 Å². The van der Waals surface area contributed by atoms with Crippen molar-refractivity contribution in [3.05, 3.63) is 23.7 Å². The van der Waals surface area contributed by atoms with Gasteiger partial charge >= 0.3 is 0 Å². The molecule has 2 aromatic heterocycles. The van der Waals surface area contributed by atoms with Gasteiger partial charge in [0.25, 0.3) is 0 Å². The second-order valence-electron chi connectivity index (χ2n) is 4.68. The molecule has 19 heavy (non-hydrogen) atoms. The Balaban J connectivity index is 2.66. The molecule has 0 aliphatic rings. The van der Waals surface area contributed by atoms with Gasteiger partial charge in [0.1, 0.15) is 10.6 Å². The topological polar surface area (TPSA) is 55.2 Å². The molecule has 0 aromatic carbocycles. The number of sulfonamides is 1. The fourth-order valence-corrected chi connectivity index (χ4v) is 3.43. The molecular formula is C12H17N3O2S2. The van der Waals surface area contributed by atoms with Crippen LogP contribution in [-0.2, 0) is 10.0 Å². The second kappa shape index (κ2) is 5.07. The van der Waals surface area contributed by atoms with Gasteiger partial charge in [0.2, 0.25) is 10.0 Å². The summed E-state index contributed by atoms with van der Waals surface area (Å²) in [6.45, 7) is 3.94. The number of hydrogen-bond acceptors (Lipinski definition) is 4. The smallest absolute Gasteiger partial charge is 0.246 e. The molecule has 0 aliphatic heterocycles. The zero-order valence-electron chi connectivity index (χ0n) is 11.4. The summed E-state index contributed by atoms with van der Waals surface area (Å²) < 4.78 is 27.6. The van der Waals surface area contributed by atoms with Crippen LogP contribution in [0.5, 0.6) is 0 Å². The third kappa shape index (κ3) is 2.58. The van der Waals surface area contributed by atoms with E-state index >= 15 is 0 Å². The van der Waals surface area contributed by atoms with Crippen LogP contribution >= 0.6 is 11.3 Å². The number of rotatable bonds is 4. The molecule has 2 rings (SSSR count). The first kappa shape index (κ1) is 14.2. The van der Waals surface area contributed by atoms with Crippen molar-refractivity contribution in [3.63, 3.8) is 0 Å². The molecule has 0 aliphatic carbocycles. The van der Waals surface area contributed by atoms with Gasteiger partial charge in [-0.3, -0.25) is 4.68 Å². The first-order valence-corrected chi connectivity index (χ1v) is 8.21. The predicted octanol–water partition coefficient (Wildman–Crippen LogP) is 2.44. The van der Waals surface area contributed by atoms with Crippen molar-refractivity contribution in [2.45, 2.75) is 24.8 Å². The summed E-state index contributed by atoms with van der Waals surface area (Å²) >= 11 is 1.48. The van der Waals surface area contributed by atoms with E-state index in [2.05, 4.69) is 5.10 Å². The predicted molar refractivity (Wildman–Crippen MR) is 76.8 cm³/mol. The van der Waals surface area contributed by atoms with Crippen LogP contribution in [0, 0.1) is 0 Å². The van der Waals surface area contributed by atoms with Crippen LogP contribution in [0.4, 0.5) is 0 Å². The van der Waals surface area contributed by atoms with E-state index in [1.54, 1.807) is 10.9 Å². The number of hydrogen-bond donors (Lipinski definition) is 0. The second-order valence-corrected chi connectivity index (χ2v) is 7.75. The molecule has 5 nitrogen and oxygen atoms in total. The summed E-state index contributed by atoms with van der Waals surface area (Å²) in [5.74, 6) is 0.